The maximum atomic E-state index is 14.0. The van der Waals surface area contributed by atoms with E-state index in [1.165, 1.54) is 12.1 Å². The van der Waals surface area contributed by atoms with Gasteiger partial charge in [0, 0.05) is 37.4 Å². The first-order chi connectivity index (χ1) is 13.4. The summed E-state index contributed by atoms with van der Waals surface area (Å²) in [6, 6.07) is 6.72. The van der Waals surface area contributed by atoms with Gasteiger partial charge < -0.3 is 10.2 Å². The maximum absolute atomic E-state index is 14.0. The number of nitro benzene ring substituents is 2. The molecule has 0 radical (unpaired) electrons. The molecule has 0 aromatic heterocycles. The zero-order valence-corrected chi connectivity index (χ0v) is 14.8. The number of hydrogen-bond donors (Lipinski definition) is 1. The third-order valence-corrected chi connectivity index (χ3v) is 4.54. The van der Waals surface area contributed by atoms with Gasteiger partial charge in [-0.15, -0.1) is 0 Å². The molecule has 1 saturated heterocycles. The average Bonchev–Trinajstić information content (AvgIpc) is 2.69. The number of piperidine rings is 1. The number of anilines is 2. The first-order valence-corrected chi connectivity index (χ1v) is 8.65. The third kappa shape index (κ3) is 4.05. The van der Waals surface area contributed by atoms with Crippen LogP contribution in [0.15, 0.2) is 36.4 Å². The molecule has 146 valence electrons. The molecule has 9 nitrogen and oxygen atoms in total. The summed E-state index contributed by atoms with van der Waals surface area (Å²) in [5.74, 6) is -1.62. The standard InChI is InChI=1S/C18H17FN4O5/c19-15-6-4-13(23(27)28)11-16(15)20-18(24)14-10-12(22(25)26)5-7-17(14)21-8-2-1-3-9-21/h4-7,10-11H,1-3,8-9H2,(H,20,24). The predicted molar refractivity (Wildman–Crippen MR) is 100 cm³/mol. The van der Waals surface area contributed by atoms with Crippen molar-refractivity contribution >= 4 is 28.7 Å². The Labute approximate surface area is 159 Å². The number of carbonyl (C=O) groups excluding carboxylic acids is 1. The molecule has 0 aliphatic carbocycles. The largest absolute Gasteiger partial charge is 0.371 e. The Morgan fingerprint density at radius 1 is 0.964 bits per heavy atom. The lowest BCUT2D eigenvalue weighted by Crippen LogP contribution is -2.31. The number of rotatable bonds is 5. The predicted octanol–water partition coefficient (Wildman–Crippen LogP) is 3.88. The zero-order valence-electron chi connectivity index (χ0n) is 14.8. The number of halogens is 1. The van der Waals surface area contributed by atoms with Gasteiger partial charge >= 0.3 is 0 Å². The molecular formula is C18H17FN4O5. The first kappa shape index (κ1) is 19.2. The van der Waals surface area contributed by atoms with E-state index in [4.69, 9.17) is 0 Å². The van der Waals surface area contributed by atoms with Crippen molar-refractivity contribution in [3.63, 3.8) is 0 Å². The number of nitrogens with zero attached hydrogens (tertiary/aromatic N) is 3. The molecule has 2 aromatic rings. The van der Waals surface area contributed by atoms with E-state index in [2.05, 4.69) is 5.32 Å². The summed E-state index contributed by atoms with van der Waals surface area (Å²) in [6.07, 6.45) is 2.92. The highest BCUT2D eigenvalue weighted by molar-refractivity contribution is 6.08. The van der Waals surface area contributed by atoms with Crippen molar-refractivity contribution in [1.29, 1.82) is 0 Å². The van der Waals surface area contributed by atoms with Gasteiger partial charge in [0.2, 0.25) is 0 Å². The first-order valence-electron chi connectivity index (χ1n) is 8.65. The fourth-order valence-corrected chi connectivity index (χ4v) is 3.14. The van der Waals surface area contributed by atoms with Crippen LogP contribution in [0.5, 0.6) is 0 Å². The SMILES string of the molecule is O=C(Nc1cc([N+](=O)[O-])ccc1F)c1cc([N+](=O)[O-])ccc1N1CCCCC1. The van der Waals surface area contributed by atoms with E-state index >= 15 is 0 Å². The normalized spacial score (nSPS) is 13.8. The van der Waals surface area contributed by atoms with Gasteiger partial charge in [-0.25, -0.2) is 4.39 Å². The number of nitro groups is 2. The molecule has 3 rings (SSSR count). The summed E-state index contributed by atoms with van der Waals surface area (Å²) in [5, 5.41) is 24.3. The highest BCUT2D eigenvalue weighted by atomic mass is 19.1. The zero-order chi connectivity index (χ0) is 20.3. The summed E-state index contributed by atoms with van der Waals surface area (Å²) in [7, 11) is 0. The summed E-state index contributed by atoms with van der Waals surface area (Å²) in [6.45, 7) is 1.40. The van der Waals surface area contributed by atoms with Crippen LogP contribution in [0, 0.1) is 26.0 Å². The quantitative estimate of drug-likeness (QED) is 0.613. The number of benzene rings is 2. The van der Waals surface area contributed by atoms with Crippen LogP contribution in [-0.4, -0.2) is 28.8 Å². The second kappa shape index (κ2) is 7.99. The highest BCUT2D eigenvalue weighted by Gasteiger charge is 2.23. The fraction of sp³-hybridized carbons (Fsp3) is 0.278. The Morgan fingerprint density at radius 2 is 1.57 bits per heavy atom. The highest BCUT2D eigenvalue weighted by Crippen LogP contribution is 2.29. The summed E-state index contributed by atoms with van der Waals surface area (Å²) >= 11 is 0. The molecule has 1 aliphatic rings. The monoisotopic (exact) mass is 388 g/mol. The lowest BCUT2D eigenvalue weighted by atomic mass is 10.1. The van der Waals surface area contributed by atoms with Crippen LogP contribution in [-0.2, 0) is 0 Å². The number of carbonyl (C=O) groups is 1. The lowest BCUT2D eigenvalue weighted by molar-refractivity contribution is -0.385. The number of hydrogen-bond acceptors (Lipinski definition) is 6. The third-order valence-electron chi connectivity index (χ3n) is 4.54. The van der Waals surface area contributed by atoms with E-state index in [1.54, 1.807) is 0 Å². The van der Waals surface area contributed by atoms with Crippen LogP contribution in [0.3, 0.4) is 0 Å². The van der Waals surface area contributed by atoms with Crippen molar-refractivity contribution in [1.82, 2.24) is 0 Å². The Hall–Kier alpha value is -3.56. The van der Waals surface area contributed by atoms with Crippen molar-refractivity contribution in [3.05, 3.63) is 68.0 Å². The Balaban J connectivity index is 1.97. The Morgan fingerprint density at radius 3 is 2.21 bits per heavy atom. The molecule has 0 unspecified atom stereocenters. The number of non-ortho nitro benzene ring substituents is 2. The van der Waals surface area contributed by atoms with E-state index in [0.717, 1.165) is 43.5 Å². The van der Waals surface area contributed by atoms with Crippen LogP contribution in [0.2, 0.25) is 0 Å². The van der Waals surface area contributed by atoms with Gasteiger partial charge in [-0.2, -0.15) is 0 Å². The minimum absolute atomic E-state index is 0.0157. The second-order valence-electron chi connectivity index (χ2n) is 6.38. The topological polar surface area (TPSA) is 119 Å². The van der Waals surface area contributed by atoms with Crippen molar-refractivity contribution < 1.29 is 19.0 Å². The molecule has 0 saturated carbocycles. The number of nitrogens with one attached hydrogen (secondary N) is 1. The smallest absolute Gasteiger partial charge is 0.271 e. The van der Waals surface area contributed by atoms with E-state index in [9.17, 15) is 29.4 Å². The molecule has 1 N–H and O–H groups in total. The lowest BCUT2D eigenvalue weighted by Gasteiger charge is -2.30. The van der Waals surface area contributed by atoms with E-state index in [1.807, 2.05) is 4.90 Å². The van der Waals surface area contributed by atoms with Gasteiger partial charge in [-0.3, -0.25) is 25.0 Å². The van der Waals surface area contributed by atoms with Crippen molar-refractivity contribution in [2.75, 3.05) is 23.3 Å². The number of amides is 1. The van der Waals surface area contributed by atoms with Crippen molar-refractivity contribution in [2.24, 2.45) is 0 Å². The Bertz CT molecular complexity index is 944. The van der Waals surface area contributed by atoms with Crippen molar-refractivity contribution in [2.45, 2.75) is 19.3 Å². The van der Waals surface area contributed by atoms with E-state index in [-0.39, 0.29) is 22.6 Å². The molecule has 1 heterocycles. The van der Waals surface area contributed by atoms with Crippen LogP contribution >= 0.6 is 0 Å². The average molecular weight is 388 g/mol. The molecule has 1 aliphatic heterocycles. The van der Waals surface area contributed by atoms with Gasteiger partial charge in [-0.05, 0) is 31.4 Å². The van der Waals surface area contributed by atoms with Crippen LogP contribution in [0.25, 0.3) is 0 Å². The van der Waals surface area contributed by atoms with Gasteiger partial charge in [-0.1, -0.05) is 0 Å². The molecular weight excluding hydrogens is 371 g/mol. The van der Waals surface area contributed by atoms with Crippen LogP contribution in [0.1, 0.15) is 29.6 Å². The van der Waals surface area contributed by atoms with Gasteiger partial charge in [0.25, 0.3) is 17.3 Å². The van der Waals surface area contributed by atoms with Crippen molar-refractivity contribution in [3.8, 4) is 0 Å². The van der Waals surface area contributed by atoms with Gasteiger partial charge in [0.1, 0.15) is 5.82 Å². The second-order valence-corrected chi connectivity index (χ2v) is 6.38. The molecule has 0 spiro atoms. The summed E-state index contributed by atoms with van der Waals surface area (Å²) in [5.41, 5.74) is -0.497. The molecule has 28 heavy (non-hydrogen) atoms. The molecule has 1 amide bonds. The molecule has 2 aromatic carbocycles. The summed E-state index contributed by atoms with van der Waals surface area (Å²) < 4.78 is 14.0. The minimum atomic E-state index is -0.844. The molecule has 0 atom stereocenters. The van der Waals surface area contributed by atoms with Gasteiger partial charge in [0.05, 0.1) is 26.8 Å². The van der Waals surface area contributed by atoms with Gasteiger partial charge in [0.15, 0.2) is 0 Å². The fourth-order valence-electron chi connectivity index (χ4n) is 3.14. The molecule has 0 bridgehead atoms. The molecule has 1 fully saturated rings. The van der Waals surface area contributed by atoms with E-state index in [0.29, 0.717) is 18.8 Å². The van der Waals surface area contributed by atoms with Crippen LogP contribution < -0.4 is 10.2 Å². The summed E-state index contributed by atoms with van der Waals surface area (Å²) in [4.78, 5) is 35.4. The minimum Gasteiger partial charge on any atom is -0.371 e. The van der Waals surface area contributed by atoms with E-state index < -0.39 is 21.6 Å². The Kier molecular flexibility index (Phi) is 5.48. The van der Waals surface area contributed by atoms with Crippen LogP contribution in [0.4, 0.5) is 27.1 Å². The molecule has 10 heteroatoms. The maximum Gasteiger partial charge on any atom is 0.271 e.